The zero-order valence-electron chi connectivity index (χ0n) is 22.8. The van der Waals surface area contributed by atoms with E-state index in [4.69, 9.17) is 10.1 Å². The zero-order valence-corrected chi connectivity index (χ0v) is 22.8. The number of hydrogen-bond donors (Lipinski definition) is 1. The first kappa shape index (κ1) is 25.5. The SMILES string of the molecule is C=C1/C=C(/C)CCC(C)C(N2CCC3(CC2)NCCN(Cc2nn(C)cc2-c2cccc(C)c2)C3=O)=N1. The highest BCUT2D eigenvalue weighted by Gasteiger charge is 2.46. The van der Waals surface area contributed by atoms with Gasteiger partial charge in [0.25, 0.3) is 0 Å². The Morgan fingerprint density at radius 2 is 1.97 bits per heavy atom. The predicted molar refractivity (Wildman–Crippen MR) is 149 cm³/mol. The van der Waals surface area contributed by atoms with Crippen LogP contribution in [0.5, 0.6) is 0 Å². The number of rotatable bonds is 3. The van der Waals surface area contributed by atoms with Crippen molar-refractivity contribution >= 4 is 11.7 Å². The van der Waals surface area contributed by atoms with Gasteiger partial charge in [-0.3, -0.25) is 9.48 Å². The lowest BCUT2D eigenvalue weighted by atomic mass is 9.83. The summed E-state index contributed by atoms with van der Waals surface area (Å²) in [5.74, 6) is 1.71. The third-order valence-electron chi connectivity index (χ3n) is 8.14. The first-order chi connectivity index (χ1) is 17.7. The molecule has 3 aliphatic heterocycles. The molecule has 5 rings (SSSR count). The molecule has 0 aliphatic carbocycles. The van der Waals surface area contributed by atoms with Gasteiger partial charge in [-0.05, 0) is 51.2 Å². The molecule has 0 bridgehead atoms. The Hall–Kier alpha value is -3.19. The van der Waals surface area contributed by atoms with Crippen LogP contribution in [0.2, 0.25) is 0 Å². The second kappa shape index (κ2) is 10.3. The third kappa shape index (κ3) is 5.28. The van der Waals surface area contributed by atoms with Gasteiger partial charge in [0.15, 0.2) is 0 Å². The number of allylic oxidation sites excluding steroid dienone is 2. The number of likely N-dealkylation sites (tertiary alicyclic amines) is 1. The minimum atomic E-state index is -0.508. The topological polar surface area (TPSA) is 65.8 Å². The van der Waals surface area contributed by atoms with Gasteiger partial charge < -0.3 is 15.1 Å². The van der Waals surface area contributed by atoms with Crippen molar-refractivity contribution in [2.75, 3.05) is 26.2 Å². The molecule has 7 heteroatoms. The van der Waals surface area contributed by atoms with Crippen molar-refractivity contribution in [3.05, 3.63) is 65.6 Å². The van der Waals surface area contributed by atoms with Crippen LogP contribution in [0.4, 0.5) is 0 Å². The average Bonchev–Trinajstić information content (AvgIpc) is 3.24. The van der Waals surface area contributed by atoms with E-state index in [2.05, 4.69) is 74.1 Å². The predicted octanol–water partition coefficient (Wildman–Crippen LogP) is 4.45. The normalized spacial score (nSPS) is 23.9. The van der Waals surface area contributed by atoms with Crippen molar-refractivity contribution < 1.29 is 4.79 Å². The fourth-order valence-electron chi connectivity index (χ4n) is 6.06. The highest BCUT2D eigenvalue weighted by molar-refractivity contribution is 5.89. The first-order valence-electron chi connectivity index (χ1n) is 13.6. The molecule has 2 fully saturated rings. The summed E-state index contributed by atoms with van der Waals surface area (Å²) >= 11 is 0. The molecular formula is C30H40N6O. The summed E-state index contributed by atoms with van der Waals surface area (Å²) in [6, 6.07) is 8.48. The number of aromatic nitrogens is 2. The molecule has 0 saturated carbocycles. The van der Waals surface area contributed by atoms with Crippen LogP contribution in [-0.4, -0.2) is 63.0 Å². The highest BCUT2D eigenvalue weighted by atomic mass is 16.2. The Bertz CT molecular complexity index is 1250. The molecule has 3 aliphatic rings. The van der Waals surface area contributed by atoms with Crippen LogP contribution < -0.4 is 5.32 Å². The highest BCUT2D eigenvalue weighted by Crippen LogP contribution is 2.32. The molecule has 4 heterocycles. The number of amides is 1. The minimum Gasteiger partial charge on any atom is -0.360 e. The maximum Gasteiger partial charge on any atom is 0.243 e. The Morgan fingerprint density at radius 3 is 2.73 bits per heavy atom. The molecule has 1 aromatic carbocycles. The largest absolute Gasteiger partial charge is 0.360 e. The van der Waals surface area contributed by atoms with Crippen LogP contribution in [0, 0.1) is 12.8 Å². The zero-order chi connectivity index (χ0) is 26.2. The quantitative estimate of drug-likeness (QED) is 0.676. The maximum atomic E-state index is 13.9. The van der Waals surface area contributed by atoms with Crippen LogP contribution in [0.25, 0.3) is 11.1 Å². The summed E-state index contributed by atoms with van der Waals surface area (Å²) in [4.78, 5) is 23.2. The Balaban J connectivity index is 1.31. The monoisotopic (exact) mass is 500 g/mol. The van der Waals surface area contributed by atoms with Gasteiger partial charge in [0.2, 0.25) is 5.91 Å². The van der Waals surface area contributed by atoms with Crippen molar-refractivity contribution in [1.82, 2.24) is 24.9 Å². The average molecular weight is 501 g/mol. The summed E-state index contributed by atoms with van der Waals surface area (Å²) < 4.78 is 1.86. The Kier molecular flexibility index (Phi) is 7.08. The molecule has 0 radical (unpaired) electrons. The van der Waals surface area contributed by atoms with E-state index in [1.54, 1.807) is 0 Å². The third-order valence-corrected chi connectivity index (χ3v) is 8.14. The van der Waals surface area contributed by atoms with E-state index < -0.39 is 5.54 Å². The maximum absolute atomic E-state index is 13.9. The fraction of sp³-hybridized carbons (Fsp3) is 0.500. The van der Waals surface area contributed by atoms with Gasteiger partial charge in [0, 0.05) is 50.9 Å². The Labute approximate surface area is 220 Å². The number of carbonyl (C=O) groups is 1. The molecule has 1 atom stereocenters. The van der Waals surface area contributed by atoms with E-state index in [0.29, 0.717) is 19.0 Å². The fourth-order valence-corrected chi connectivity index (χ4v) is 6.06. The van der Waals surface area contributed by atoms with E-state index in [1.807, 2.05) is 16.6 Å². The van der Waals surface area contributed by atoms with Gasteiger partial charge in [0.1, 0.15) is 11.4 Å². The number of nitrogens with one attached hydrogen (secondary N) is 1. The van der Waals surface area contributed by atoms with Crippen molar-refractivity contribution in [2.24, 2.45) is 18.0 Å². The van der Waals surface area contributed by atoms with Gasteiger partial charge in [-0.1, -0.05) is 48.9 Å². The molecule has 1 spiro atoms. The number of amidine groups is 1. The van der Waals surface area contributed by atoms with E-state index in [0.717, 1.165) is 73.7 Å². The molecule has 1 unspecified atom stereocenters. The number of nitrogens with zero attached hydrogens (tertiary/aromatic N) is 5. The molecular weight excluding hydrogens is 460 g/mol. The van der Waals surface area contributed by atoms with E-state index >= 15 is 0 Å². The molecule has 1 aromatic heterocycles. The summed E-state index contributed by atoms with van der Waals surface area (Å²) in [7, 11) is 1.95. The lowest BCUT2D eigenvalue weighted by Crippen LogP contribution is -2.67. The number of piperazine rings is 1. The first-order valence-corrected chi connectivity index (χ1v) is 13.6. The standard InChI is InChI=1S/C30H40N6O/c1-21-7-6-8-25(18-21)26-19-34(5)33-27(26)20-36-16-13-31-30(29(36)37)11-14-35(15-12-30)28-23(3)10-9-22(2)17-24(4)32-28/h6-8,17-19,23,31H,4,9-16,20H2,1-3,5H3/b22-17-,32-28?. The van der Waals surface area contributed by atoms with Gasteiger partial charge >= 0.3 is 0 Å². The van der Waals surface area contributed by atoms with Crippen LogP contribution in [-0.2, 0) is 18.4 Å². The van der Waals surface area contributed by atoms with Crippen LogP contribution in [0.1, 0.15) is 50.8 Å². The summed E-state index contributed by atoms with van der Waals surface area (Å²) in [6.45, 7) is 14.4. The Morgan fingerprint density at radius 1 is 1.19 bits per heavy atom. The number of piperidine rings is 1. The lowest BCUT2D eigenvalue weighted by Gasteiger charge is -2.48. The van der Waals surface area contributed by atoms with Crippen LogP contribution >= 0.6 is 0 Å². The second-order valence-corrected chi connectivity index (χ2v) is 11.1. The van der Waals surface area contributed by atoms with Crippen LogP contribution in [0.15, 0.2) is 59.4 Å². The van der Waals surface area contributed by atoms with Crippen molar-refractivity contribution in [3.63, 3.8) is 0 Å². The summed E-state index contributed by atoms with van der Waals surface area (Å²) in [5.41, 5.74) is 6.08. The number of hydrogen-bond acceptors (Lipinski definition) is 5. The second-order valence-electron chi connectivity index (χ2n) is 11.1. The van der Waals surface area contributed by atoms with Crippen molar-refractivity contribution in [3.8, 4) is 11.1 Å². The van der Waals surface area contributed by atoms with Gasteiger partial charge in [-0.15, -0.1) is 0 Å². The molecule has 7 nitrogen and oxygen atoms in total. The molecule has 2 aromatic rings. The minimum absolute atomic E-state index is 0.204. The van der Waals surface area contributed by atoms with Crippen molar-refractivity contribution in [2.45, 2.75) is 58.5 Å². The number of aliphatic imine (C=N–C) groups is 1. The number of benzene rings is 1. The summed E-state index contributed by atoms with van der Waals surface area (Å²) in [6.07, 6.45) is 7.89. The smallest absolute Gasteiger partial charge is 0.243 e. The van der Waals surface area contributed by atoms with Gasteiger partial charge in [-0.25, -0.2) is 4.99 Å². The van der Waals surface area contributed by atoms with Gasteiger partial charge in [0.05, 0.1) is 17.9 Å². The van der Waals surface area contributed by atoms with Crippen LogP contribution in [0.3, 0.4) is 0 Å². The molecule has 1 amide bonds. The number of carbonyl (C=O) groups excluding carboxylic acids is 1. The van der Waals surface area contributed by atoms with E-state index in [1.165, 1.54) is 11.1 Å². The molecule has 196 valence electrons. The van der Waals surface area contributed by atoms with E-state index in [-0.39, 0.29) is 5.91 Å². The number of aryl methyl sites for hydroxylation is 2. The van der Waals surface area contributed by atoms with Gasteiger partial charge in [-0.2, -0.15) is 5.10 Å². The molecule has 2 saturated heterocycles. The molecule has 1 N–H and O–H groups in total. The summed E-state index contributed by atoms with van der Waals surface area (Å²) in [5, 5.41) is 8.37. The van der Waals surface area contributed by atoms with E-state index in [9.17, 15) is 4.79 Å². The lowest BCUT2D eigenvalue weighted by molar-refractivity contribution is -0.144. The van der Waals surface area contributed by atoms with Crippen molar-refractivity contribution in [1.29, 1.82) is 0 Å². The molecule has 37 heavy (non-hydrogen) atoms.